The molecule has 5 N–H and O–H groups in total. The van der Waals surface area contributed by atoms with E-state index < -0.39 is 17.9 Å². The van der Waals surface area contributed by atoms with Gasteiger partial charge >= 0.3 is 0 Å². The standard InChI is InChI=1S/C28H35N5O4S/c1-6-37-20-12-10-19(11-13-20)24(27(35)31-15-14-16(2)3)33(21-9-7-8-17(4)18(21)5)28(36)25-22(29)23(26(30)34)32-38-25/h7-13,16,24H,6,14-15,29H2,1-5H3,(H2,30,34)(H,31,35). The number of nitrogens with two attached hydrogens (primary N) is 2. The molecular weight excluding hydrogens is 502 g/mol. The number of hydrogen-bond acceptors (Lipinski definition) is 7. The van der Waals surface area contributed by atoms with Crippen molar-refractivity contribution in [1.29, 1.82) is 0 Å². The number of carbonyl (C=O) groups is 3. The van der Waals surface area contributed by atoms with Crippen LogP contribution >= 0.6 is 11.5 Å². The summed E-state index contributed by atoms with van der Waals surface area (Å²) in [6.45, 7) is 10.8. The summed E-state index contributed by atoms with van der Waals surface area (Å²) in [5.74, 6) is -0.690. The molecule has 0 fully saturated rings. The first-order valence-electron chi connectivity index (χ1n) is 12.5. The van der Waals surface area contributed by atoms with Crippen LogP contribution in [0.1, 0.15) is 70.1 Å². The highest BCUT2D eigenvalue weighted by atomic mass is 32.1. The zero-order chi connectivity index (χ0) is 28.0. The van der Waals surface area contributed by atoms with Crippen molar-refractivity contribution in [3.8, 4) is 5.75 Å². The van der Waals surface area contributed by atoms with Crippen molar-refractivity contribution in [3.05, 3.63) is 69.7 Å². The number of aromatic nitrogens is 1. The molecule has 3 aromatic rings. The van der Waals surface area contributed by atoms with Crippen molar-refractivity contribution < 1.29 is 19.1 Å². The van der Waals surface area contributed by atoms with Gasteiger partial charge in [-0.05, 0) is 79.5 Å². The van der Waals surface area contributed by atoms with E-state index in [0.717, 1.165) is 29.1 Å². The van der Waals surface area contributed by atoms with Crippen LogP contribution in [-0.2, 0) is 4.79 Å². The Morgan fingerprint density at radius 2 is 1.79 bits per heavy atom. The Kier molecular flexibility index (Phi) is 9.46. The number of rotatable bonds is 11. The van der Waals surface area contributed by atoms with Crippen molar-refractivity contribution in [1.82, 2.24) is 9.69 Å². The SMILES string of the molecule is CCOc1ccc(C(C(=O)NCCC(C)C)N(C(=O)c2snc(C(N)=O)c2N)c2cccc(C)c2C)cc1. The minimum Gasteiger partial charge on any atom is -0.494 e. The molecule has 1 heterocycles. The van der Waals surface area contributed by atoms with Gasteiger partial charge in [-0.2, -0.15) is 4.37 Å². The molecule has 9 nitrogen and oxygen atoms in total. The number of nitrogen functional groups attached to an aromatic ring is 1. The zero-order valence-corrected chi connectivity index (χ0v) is 23.2. The van der Waals surface area contributed by atoms with Crippen LogP contribution in [0.5, 0.6) is 5.75 Å². The minimum atomic E-state index is -1.04. The van der Waals surface area contributed by atoms with Crippen LogP contribution in [0.25, 0.3) is 0 Å². The predicted octanol–water partition coefficient (Wildman–Crippen LogP) is 4.39. The van der Waals surface area contributed by atoms with Gasteiger partial charge in [0.25, 0.3) is 11.8 Å². The van der Waals surface area contributed by atoms with Crippen molar-refractivity contribution in [2.45, 2.75) is 47.1 Å². The molecule has 10 heteroatoms. The van der Waals surface area contributed by atoms with Crippen molar-refractivity contribution in [3.63, 3.8) is 0 Å². The van der Waals surface area contributed by atoms with E-state index in [1.165, 1.54) is 4.90 Å². The Morgan fingerprint density at radius 3 is 2.37 bits per heavy atom. The smallest absolute Gasteiger partial charge is 0.273 e. The molecule has 0 aliphatic rings. The van der Waals surface area contributed by atoms with Gasteiger partial charge in [-0.25, -0.2) is 0 Å². The number of nitrogens with one attached hydrogen (secondary N) is 1. The number of ether oxygens (including phenoxy) is 1. The monoisotopic (exact) mass is 537 g/mol. The maximum Gasteiger partial charge on any atom is 0.273 e. The molecule has 0 saturated carbocycles. The van der Waals surface area contributed by atoms with Gasteiger partial charge < -0.3 is 21.5 Å². The predicted molar refractivity (Wildman–Crippen MR) is 151 cm³/mol. The zero-order valence-electron chi connectivity index (χ0n) is 22.4. The number of benzene rings is 2. The second-order valence-corrected chi connectivity index (χ2v) is 10.2. The molecule has 2 aromatic carbocycles. The molecule has 0 radical (unpaired) electrons. The molecule has 0 spiro atoms. The molecule has 0 bridgehead atoms. The first kappa shape index (κ1) is 28.6. The van der Waals surface area contributed by atoms with Gasteiger partial charge in [0, 0.05) is 12.2 Å². The van der Waals surface area contributed by atoms with E-state index >= 15 is 0 Å². The largest absolute Gasteiger partial charge is 0.494 e. The van der Waals surface area contributed by atoms with E-state index in [-0.39, 0.29) is 22.2 Å². The van der Waals surface area contributed by atoms with Gasteiger partial charge in [-0.1, -0.05) is 38.1 Å². The fourth-order valence-electron chi connectivity index (χ4n) is 4.01. The lowest BCUT2D eigenvalue weighted by atomic mass is 9.99. The van der Waals surface area contributed by atoms with Crippen LogP contribution in [0.15, 0.2) is 42.5 Å². The Morgan fingerprint density at radius 1 is 1.11 bits per heavy atom. The highest BCUT2D eigenvalue weighted by molar-refractivity contribution is 7.09. The first-order valence-corrected chi connectivity index (χ1v) is 13.3. The minimum absolute atomic E-state index is 0.0330. The Balaban J connectivity index is 2.20. The summed E-state index contributed by atoms with van der Waals surface area (Å²) < 4.78 is 9.59. The number of nitrogens with zero attached hydrogens (tertiary/aromatic N) is 2. The van der Waals surface area contributed by atoms with E-state index in [1.54, 1.807) is 30.3 Å². The molecule has 1 aromatic heterocycles. The summed E-state index contributed by atoms with van der Waals surface area (Å²) in [7, 11) is 0. The average molecular weight is 538 g/mol. The van der Waals surface area contributed by atoms with E-state index in [9.17, 15) is 14.4 Å². The molecule has 1 unspecified atom stereocenters. The van der Waals surface area contributed by atoms with Crippen LogP contribution in [0.3, 0.4) is 0 Å². The van der Waals surface area contributed by atoms with Crippen LogP contribution in [0.4, 0.5) is 11.4 Å². The fraction of sp³-hybridized carbons (Fsp3) is 0.357. The maximum atomic E-state index is 14.2. The fourth-order valence-corrected chi connectivity index (χ4v) is 4.75. The molecule has 3 amide bonds. The number of aryl methyl sites for hydroxylation is 1. The summed E-state index contributed by atoms with van der Waals surface area (Å²) in [6, 6.07) is 11.6. The topological polar surface area (TPSA) is 141 Å². The number of anilines is 2. The number of hydrogen-bond donors (Lipinski definition) is 3. The summed E-state index contributed by atoms with van der Waals surface area (Å²) in [5.41, 5.74) is 14.2. The van der Waals surface area contributed by atoms with E-state index in [0.29, 0.717) is 36.1 Å². The average Bonchev–Trinajstić information content (AvgIpc) is 3.26. The van der Waals surface area contributed by atoms with Gasteiger partial charge in [-0.3, -0.25) is 19.3 Å². The van der Waals surface area contributed by atoms with Crippen molar-refractivity contribution in [2.75, 3.05) is 23.8 Å². The van der Waals surface area contributed by atoms with Gasteiger partial charge in [-0.15, -0.1) is 0 Å². The van der Waals surface area contributed by atoms with Crippen molar-refractivity contribution >= 4 is 40.6 Å². The summed E-state index contributed by atoms with van der Waals surface area (Å²) >= 11 is 0.782. The second-order valence-electron chi connectivity index (χ2n) is 9.41. The molecule has 0 aliphatic heterocycles. The molecule has 202 valence electrons. The van der Waals surface area contributed by atoms with Crippen LogP contribution < -0.4 is 26.4 Å². The van der Waals surface area contributed by atoms with Crippen LogP contribution in [0.2, 0.25) is 0 Å². The highest BCUT2D eigenvalue weighted by Crippen LogP contribution is 2.36. The molecule has 0 aliphatic carbocycles. The first-order chi connectivity index (χ1) is 18.1. The molecule has 1 atom stereocenters. The maximum absolute atomic E-state index is 14.2. The normalized spacial score (nSPS) is 11.7. The number of carbonyl (C=O) groups excluding carboxylic acids is 3. The summed E-state index contributed by atoms with van der Waals surface area (Å²) in [6.07, 6.45) is 0.781. The van der Waals surface area contributed by atoms with Gasteiger partial charge in [0.2, 0.25) is 5.91 Å². The van der Waals surface area contributed by atoms with Crippen LogP contribution in [-0.4, -0.2) is 35.2 Å². The molecule has 0 saturated heterocycles. The van der Waals surface area contributed by atoms with Gasteiger partial charge in [0.15, 0.2) is 5.69 Å². The number of amides is 3. The van der Waals surface area contributed by atoms with E-state index in [4.69, 9.17) is 16.2 Å². The van der Waals surface area contributed by atoms with E-state index in [2.05, 4.69) is 23.5 Å². The Bertz CT molecular complexity index is 1300. The quantitative estimate of drug-likeness (QED) is 0.331. The Hall–Kier alpha value is -3.92. The lowest BCUT2D eigenvalue weighted by Crippen LogP contribution is -2.44. The summed E-state index contributed by atoms with van der Waals surface area (Å²) in [5, 5.41) is 3.00. The summed E-state index contributed by atoms with van der Waals surface area (Å²) in [4.78, 5) is 41.3. The highest BCUT2D eigenvalue weighted by Gasteiger charge is 2.36. The van der Waals surface area contributed by atoms with Gasteiger partial charge in [0.05, 0.1) is 12.3 Å². The molecule has 38 heavy (non-hydrogen) atoms. The lowest BCUT2D eigenvalue weighted by Gasteiger charge is -2.33. The Labute approximate surface area is 227 Å². The second kappa shape index (κ2) is 12.6. The molecular formula is C28H35N5O4S. The van der Waals surface area contributed by atoms with Gasteiger partial charge in [0.1, 0.15) is 16.7 Å². The molecule has 3 rings (SSSR count). The third kappa shape index (κ3) is 6.31. The lowest BCUT2D eigenvalue weighted by molar-refractivity contribution is -0.122. The van der Waals surface area contributed by atoms with E-state index in [1.807, 2.05) is 32.9 Å². The third-order valence-corrected chi connectivity index (χ3v) is 7.10. The third-order valence-electron chi connectivity index (χ3n) is 6.24. The van der Waals surface area contributed by atoms with Crippen molar-refractivity contribution in [2.24, 2.45) is 11.7 Å². The number of primary amides is 1. The van der Waals surface area contributed by atoms with Crippen LogP contribution in [0, 0.1) is 19.8 Å².